The first-order chi connectivity index (χ1) is 9.62. The van der Waals surface area contributed by atoms with Crippen LogP contribution in [0.1, 0.15) is 47.5 Å². The molecule has 1 aliphatic heterocycles. The highest BCUT2D eigenvalue weighted by Crippen LogP contribution is 2.23. The fourth-order valence-electron chi connectivity index (χ4n) is 2.40. The van der Waals surface area contributed by atoms with Gasteiger partial charge in [0.25, 0.3) is 0 Å². The summed E-state index contributed by atoms with van der Waals surface area (Å²) in [4.78, 5) is 28.3. The molecule has 1 rings (SSSR count). The van der Waals surface area contributed by atoms with Crippen LogP contribution in [-0.4, -0.2) is 60.4 Å². The van der Waals surface area contributed by atoms with Crippen molar-refractivity contribution in [3.8, 4) is 0 Å². The zero-order valence-electron chi connectivity index (χ0n) is 14.4. The molecule has 0 saturated carbocycles. The van der Waals surface area contributed by atoms with Gasteiger partial charge in [0.1, 0.15) is 6.04 Å². The van der Waals surface area contributed by atoms with Crippen molar-refractivity contribution in [2.45, 2.75) is 59.5 Å². The third-order valence-corrected chi connectivity index (χ3v) is 4.13. The van der Waals surface area contributed by atoms with Crippen LogP contribution in [0.15, 0.2) is 0 Å². The Morgan fingerprint density at radius 3 is 2.43 bits per heavy atom. The van der Waals surface area contributed by atoms with Crippen molar-refractivity contribution in [3.05, 3.63) is 0 Å². The molecule has 0 radical (unpaired) electrons. The summed E-state index contributed by atoms with van der Waals surface area (Å²) in [7, 11) is 2.11. The van der Waals surface area contributed by atoms with E-state index in [1.165, 1.54) is 0 Å². The molecule has 1 aliphatic rings. The van der Waals surface area contributed by atoms with E-state index in [2.05, 4.69) is 31.1 Å². The van der Waals surface area contributed by atoms with Crippen LogP contribution in [0.4, 0.5) is 0 Å². The molecule has 0 aromatic rings. The number of nitrogens with one attached hydrogen (secondary N) is 1. The van der Waals surface area contributed by atoms with Gasteiger partial charge < -0.3 is 15.1 Å². The predicted molar refractivity (Wildman–Crippen MR) is 85.0 cm³/mol. The summed E-state index contributed by atoms with van der Waals surface area (Å²) in [6.07, 6.45) is 1.98. The third-order valence-electron chi connectivity index (χ3n) is 4.13. The Morgan fingerprint density at radius 1 is 1.29 bits per heavy atom. The Balaban J connectivity index is 2.47. The molecule has 0 aliphatic carbocycles. The van der Waals surface area contributed by atoms with E-state index < -0.39 is 6.04 Å². The van der Waals surface area contributed by atoms with Gasteiger partial charge in [0, 0.05) is 12.6 Å². The number of carbonyl (C=O) groups excluding carboxylic acids is 2. The fourth-order valence-corrected chi connectivity index (χ4v) is 2.40. The highest BCUT2D eigenvalue weighted by Gasteiger charge is 2.39. The van der Waals surface area contributed by atoms with Gasteiger partial charge in [0.15, 0.2) is 0 Å². The van der Waals surface area contributed by atoms with Gasteiger partial charge in [-0.3, -0.25) is 9.59 Å². The molecular formula is C16H31N3O2. The van der Waals surface area contributed by atoms with Gasteiger partial charge in [-0.15, -0.1) is 0 Å². The maximum Gasteiger partial charge on any atom is 0.246 e. The molecule has 1 saturated heterocycles. The first-order valence-electron chi connectivity index (χ1n) is 7.91. The molecule has 122 valence electrons. The first kappa shape index (κ1) is 18.0. The van der Waals surface area contributed by atoms with E-state index in [-0.39, 0.29) is 23.8 Å². The Bertz CT molecular complexity index is 374. The van der Waals surface area contributed by atoms with Crippen LogP contribution in [0.2, 0.25) is 0 Å². The summed E-state index contributed by atoms with van der Waals surface area (Å²) in [5, 5.41) is 2.82. The Hall–Kier alpha value is -1.10. The lowest BCUT2D eigenvalue weighted by molar-refractivity contribution is -0.147. The summed E-state index contributed by atoms with van der Waals surface area (Å²) >= 11 is 0. The largest absolute Gasteiger partial charge is 0.342 e. The van der Waals surface area contributed by atoms with Gasteiger partial charge in [-0.25, -0.2) is 0 Å². The van der Waals surface area contributed by atoms with E-state index in [0.29, 0.717) is 12.6 Å². The van der Waals surface area contributed by atoms with Crippen LogP contribution >= 0.6 is 0 Å². The zero-order valence-corrected chi connectivity index (χ0v) is 14.4. The molecule has 1 N–H and O–H groups in total. The molecule has 1 heterocycles. The minimum absolute atomic E-state index is 0.0474. The van der Waals surface area contributed by atoms with Crippen LogP contribution < -0.4 is 5.32 Å². The molecular weight excluding hydrogens is 266 g/mol. The third kappa shape index (κ3) is 5.30. The Labute approximate surface area is 129 Å². The molecule has 1 fully saturated rings. The first-order valence-corrected chi connectivity index (χ1v) is 7.91. The van der Waals surface area contributed by atoms with Crippen molar-refractivity contribution in [1.29, 1.82) is 0 Å². The molecule has 2 amide bonds. The quantitative estimate of drug-likeness (QED) is 0.756. The van der Waals surface area contributed by atoms with Crippen molar-refractivity contribution in [2.75, 3.05) is 26.7 Å². The van der Waals surface area contributed by atoms with Gasteiger partial charge in [-0.1, -0.05) is 20.8 Å². The lowest BCUT2D eigenvalue weighted by Crippen LogP contribution is -2.62. The molecule has 5 heteroatoms. The van der Waals surface area contributed by atoms with Crippen molar-refractivity contribution < 1.29 is 9.59 Å². The van der Waals surface area contributed by atoms with Gasteiger partial charge in [-0.2, -0.15) is 0 Å². The maximum atomic E-state index is 12.5. The highest BCUT2D eigenvalue weighted by molar-refractivity contribution is 5.95. The number of hydrogen-bond donors (Lipinski definition) is 1. The molecule has 1 atom stereocenters. The Kier molecular flexibility index (Phi) is 6.20. The SMILES string of the molecule is CC(C)N(C)CCCCN1CC(=O)NC(C(C)(C)C)C1=O. The van der Waals surface area contributed by atoms with Gasteiger partial charge >= 0.3 is 0 Å². The van der Waals surface area contributed by atoms with Crippen molar-refractivity contribution in [2.24, 2.45) is 5.41 Å². The molecule has 21 heavy (non-hydrogen) atoms. The number of hydrogen-bond acceptors (Lipinski definition) is 3. The summed E-state index contributed by atoms with van der Waals surface area (Å²) < 4.78 is 0. The lowest BCUT2D eigenvalue weighted by atomic mass is 9.84. The van der Waals surface area contributed by atoms with E-state index in [4.69, 9.17) is 0 Å². The number of amides is 2. The topological polar surface area (TPSA) is 52.6 Å². The van der Waals surface area contributed by atoms with Crippen LogP contribution in [0.25, 0.3) is 0 Å². The zero-order chi connectivity index (χ0) is 16.2. The van der Waals surface area contributed by atoms with Crippen LogP contribution in [0, 0.1) is 5.41 Å². The normalized spacial score (nSPS) is 20.4. The van der Waals surface area contributed by atoms with Crippen LogP contribution in [-0.2, 0) is 9.59 Å². The molecule has 0 aromatic carbocycles. The summed E-state index contributed by atoms with van der Waals surface area (Å²) in [6.45, 7) is 12.2. The van der Waals surface area contributed by atoms with E-state index >= 15 is 0 Å². The lowest BCUT2D eigenvalue weighted by Gasteiger charge is -2.39. The van der Waals surface area contributed by atoms with Crippen molar-refractivity contribution >= 4 is 11.8 Å². The molecule has 0 aromatic heterocycles. The fraction of sp³-hybridized carbons (Fsp3) is 0.875. The van der Waals surface area contributed by atoms with Crippen molar-refractivity contribution in [3.63, 3.8) is 0 Å². The summed E-state index contributed by atoms with van der Waals surface area (Å²) in [5.74, 6) is 0.00753. The second-order valence-electron chi connectivity index (χ2n) is 7.41. The Morgan fingerprint density at radius 2 is 1.90 bits per heavy atom. The van der Waals surface area contributed by atoms with Gasteiger partial charge in [0.05, 0.1) is 6.54 Å². The number of rotatable bonds is 6. The van der Waals surface area contributed by atoms with E-state index in [9.17, 15) is 9.59 Å². The van der Waals surface area contributed by atoms with Crippen LogP contribution in [0.3, 0.4) is 0 Å². The molecule has 5 nitrogen and oxygen atoms in total. The number of carbonyl (C=O) groups is 2. The second-order valence-corrected chi connectivity index (χ2v) is 7.41. The number of nitrogens with zero attached hydrogens (tertiary/aromatic N) is 2. The maximum absolute atomic E-state index is 12.5. The standard InChI is InChI=1S/C16H31N3O2/c1-12(2)18(6)9-7-8-10-19-11-13(20)17-14(15(19)21)16(3,4)5/h12,14H,7-11H2,1-6H3,(H,17,20). The van der Waals surface area contributed by atoms with E-state index in [1.807, 2.05) is 20.8 Å². The minimum Gasteiger partial charge on any atom is -0.342 e. The van der Waals surface area contributed by atoms with Crippen molar-refractivity contribution in [1.82, 2.24) is 15.1 Å². The van der Waals surface area contributed by atoms with Gasteiger partial charge in [0.2, 0.25) is 11.8 Å². The summed E-state index contributed by atoms with van der Waals surface area (Å²) in [6, 6.07) is 0.134. The highest BCUT2D eigenvalue weighted by atomic mass is 16.2. The van der Waals surface area contributed by atoms with Crippen LogP contribution in [0.5, 0.6) is 0 Å². The molecule has 0 spiro atoms. The number of unbranched alkanes of at least 4 members (excludes halogenated alkanes) is 1. The van der Waals surface area contributed by atoms with E-state index in [0.717, 1.165) is 19.4 Å². The second kappa shape index (κ2) is 7.25. The monoisotopic (exact) mass is 297 g/mol. The smallest absolute Gasteiger partial charge is 0.246 e. The molecule has 1 unspecified atom stereocenters. The summed E-state index contributed by atoms with van der Waals surface area (Å²) in [5.41, 5.74) is -0.247. The van der Waals surface area contributed by atoms with E-state index in [1.54, 1.807) is 4.90 Å². The average molecular weight is 297 g/mol. The van der Waals surface area contributed by atoms with Gasteiger partial charge in [-0.05, 0) is 45.7 Å². The molecule has 0 bridgehead atoms. The number of piperazine rings is 1. The predicted octanol–water partition coefficient (Wildman–Crippen LogP) is 1.48. The average Bonchev–Trinajstić information content (AvgIpc) is 2.36. The minimum atomic E-state index is -0.405.